The number of rotatable bonds is 5. The minimum Gasteiger partial charge on any atom is -0.491 e. The Labute approximate surface area is 107 Å². The number of methoxy groups -OCH3 is 1. The van der Waals surface area contributed by atoms with E-state index in [0.717, 1.165) is 16.9 Å². The van der Waals surface area contributed by atoms with Gasteiger partial charge in [-0.05, 0) is 31.1 Å². The van der Waals surface area contributed by atoms with Gasteiger partial charge in [-0.15, -0.1) is 0 Å². The van der Waals surface area contributed by atoms with Crippen molar-refractivity contribution in [2.45, 2.75) is 13.8 Å². The van der Waals surface area contributed by atoms with Crippen LogP contribution >= 0.6 is 0 Å². The van der Waals surface area contributed by atoms with E-state index in [-0.39, 0.29) is 6.15 Å². The topological polar surface area (TPSA) is 52.6 Å². The molecule has 0 aliphatic rings. The molecule has 0 unspecified atom stereocenters. The van der Waals surface area contributed by atoms with Crippen LogP contribution in [0.25, 0.3) is 5.57 Å². The molecule has 0 aliphatic heterocycles. The van der Waals surface area contributed by atoms with Crippen molar-refractivity contribution in [2.75, 3.05) is 20.3 Å². The van der Waals surface area contributed by atoms with Crippen molar-refractivity contribution in [1.82, 2.24) is 0 Å². The van der Waals surface area contributed by atoms with Crippen molar-refractivity contribution >= 4 is 11.7 Å². The molecular formula is C14H18O4. The molecule has 4 nitrogen and oxygen atoms in total. The molecule has 0 spiro atoms. The van der Waals surface area contributed by atoms with E-state index in [9.17, 15) is 0 Å². The van der Waals surface area contributed by atoms with Crippen LogP contribution in [0.2, 0.25) is 0 Å². The second-order valence-corrected chi connectivity index (χ2v) is 3.70. The first kappa shape index (κ1) is 16.1. The largest absolute Gasteiger partial charge is 0.491 e. The second-order valence-electron chi connectivity index (χ2n) is 3.70. The molecule has 0 saturated heterocycles. The van der Waals surface area contributed by atoms with Gasteiger partial charge >= 0.3 is 6.15 Å². The third-order valence-electron chi connectivity index (χ3n) is 2.14. The number of ether oxygens (including phenoxy) is 2. The van der Waals surface area contributed by atoms with Crippen LogP contribution < -0.4 is 4.74 Å². The number of hydrogen-bond acceptors (Lipinski definition) is 4. The Hall–Kier alpha value is -1.90. The summed E-state index contributed by atoms with van der Waals surface area (Å²) in [5, 5.41) is 0. The molecule has 98 valence electrons. The van der Waals surface area contributed by atoms with Gasteiger partial charge in [0.2, 0.25) is 0 Å². The minimum atomic E-state index is 0.250. The predicted octanol–water partition coefficient (Wildman–Crippen LogP) is 2.47. The highest BCUT2D eigenvalue weighted by atomic mass is 16.5. The molecule has 18 heavy (non-hydrogen) atoms. The Morgan fingerprint density at radius 1 is 1.33 bits per heavy atom. The summed E-state index contributed by atoms with van der Waals surface area (Å²) in [6.07, 6.45) is 0.250. The highest BCUT2D eigenvalue weighted by Gasteiger charge is 2.04. The van der Waals surface area contributed by atoms with Gasteiger partial charge in [-0.25, -0.2) is 0 Å². The lowest BCUT2D eigenvalue weighted by molar-refractivity contribution is -0.191. The molecule has 0 radical (unpaired) electrons. The molecule has 0 aromatic heterocycles. The molecule has 0 atom stereocenters. The fourth-order valence-electron chi connectivity index (χ4n) is 1.34. The van der Waals surface area contributed by atoms with Crippen molar-refractivity contribution in [1.29, 1.82) is 0 Å². The standard InChI is InChI=1S/C13H18O2.CO2/c1-10(2)12-6-5-11(3)9-13(12)15-8-7-14-4;2-1-3/h5-6,9H,1,7-8H2,2-4H3;. The predicted molar refractivity (Wildman–Crippen MR) is 68.3 cm³/mol. The van der Waals surface area contributed by atoms with Crippen molar-refractivity contribution in [2.24, 2.45) is 0 Å². The zero-order valence-electron chi connectivity index (χ0n) is 11.0. The van der Waals surface area contributed by atoms with E-state index >= 15 is 0 Å². The van der Waals surface area contributed by atoms with E-state index in [2.05, 4.69) is 12.6 Å². The first-order chi connectivity index (χ1) is 8.56. The third-order valence-corrected chi connectivity index (χ3v) is 2.14. The van der Waals surface area contributed by atoms with Crippen LogP contribution in [0.5, 0.6) is 5.75 Å². The molecule has 0 heterocycles. The summed E-state index contributed by atoms with van der Waals surface area (Å²) in [7, 11) is 1.67. The normalized spacial score (nSPS) is 8.83. The fraction of sp³-hybridized carbons (Fsp3) is 0.357. The summed E-state index contributed by atoms with van der Waals surface area (Å²) in [4.78, 5) is 16.2. The SMILES string of the molecule is C=C(C)c1ccc(C)cc1OCCOC.O=C=O. The van der Waals surface area contributed by atoms with Crippen LogP contribution in [-0.4, -0.2) is 26.5 Å². The molecule has 0 bridgehead atoms. The Bertz CT molecular complexity index is 418. The Kier molecular flexibility index (Phi) is 8.20. The molecule has 4 heteroatoms. The Balaban J connectivity index is 0.000000873. The van der Waals surface area contributed by atoms with Crippen molar-refractivity contribution in [3.8, 4) is 5.75 Å². The first-order valence-corrected chi connectivity index (χ1v) is 5.44. The van der Waals surface area contributed by atoms with Gasteiger partial charge in [0.05, 0.1) is 6.61 Å². The Morgan fingerprint density at radius 2 is 1.94 bits per heavy atom. The highest BCUT2D eigenvalue weighted by molar-refractivity contribution is 5.67. The van der Waals surface area contributed by atoms with E-state index in [1.54, 1.807) is 7.11 Å². The summed E-state index contributed by atoms with van der Waals surface area (Å²) in [5.74, 6) is 0.888. The maximum Gasteiger partial charge on any atom is 0.373 e. The van der Waals surface area contributed by atoms with Crippen LogP contribution in [0.1, 0.15) is 18.1 Å². The quantitative estimate of drug-likeness (QED) is 0.753. The fourth-order valence-corrected chi connectivity index (χ4v) is 1.34. The maximum atomic E-state index is 8.12. The lowest BCUT2D eigenvalue weighted by Gasteiger charge is -2.11. The van der Waals surface area contributed by atoms with Crippen LogP contribution in [0, 0.1) is 6.92 Å². The van der Waals surface area contributed by atoms with Crippen LogP contribution in [0.15, 0.2) is 24.8 Å². The zero-order chi connectivity index (χ0) is 14.0. The summed E-state index contributed by atoms with van der Waals surface area (Å²) in [6.45, 7) is 9.13. The molecule has 0 aliphatic carbocycles. The first-order valence-electron chi connectivity index (χ1n) is 5.44. The van der Waals surface area contributed by atoms with Gasteiger partial charge in [-0.3, -0.25) is 0 Å². The summed E-state index contributed by atoms with van der Waals surface area (Å²) in [5.41, 5.74) is 3.27. The van der Waals surface area contributed by atoms with Crippen molar-refractivity contribution < 1.29 is 19.1 Å². The van der Waals surface area contributed by atoms with E-state index in [4.69, 9.17) is 19.1 Å². The molecule has 1 aromatic carbocycles. The van der Waals surface area contributed by atoms with E-state index < -0.39 is 0 Å². The average Bonchev–Trinajstić information content (AvgIpc) is 2.30. The number of hydrogen-bond donors (Lipinski definition) is 0. The smallest absolute Gasteiger partial charge is 0.373 e. The average molecular weight is 250 g/mol. The summed E-state index contributed by atoms with van der Waals surface area (Å²) < 4.78 is 10.6. The summed E-state index contributed by atoms with van der Waals surface area (Å²) >= 11 is 0. The number of aryl methyl sites for hydroxylation is 1. The summed E-state index contributed by atoms with van der Waals surface area (Å²) in [6, 6.07) is 6.13. The maximum absolute atomic E-state index is 8.12. The number of carbonyl (C=O) groups excluding carboxylic acids is 2. The van der Waals surface area contributed by atoms with Gasteiger partial charge in [0.25, 0.3) is 0 Å². The molecule has 0 saturated carbocycles. The van der Waals surface area contributed by atoms with Gasteiger partial charge in [0.15, 0.2) is 0 Å². The highest BCUT2D eigenvalue weighted by Crippen LogP contribution is 2.25. The lowest BCUT2D eigenvalue weighted by atomic mass is 10.1. The van der Waals surface area contributed by atoms with Crippen LogP contribution in [-0.2, 0) is 14.3 Å². The van der Waals surface area contributed by atoms with Gasteiger partial charge in [-0.1, -0.05) is 18.7 Å². The molecule has 1 aromatic rings. The van der Waals surface area contributed by atoms with Crippen molar-refractivity contribution in [3.05, 3.63) is 35.9 Å². The van der Waals surface area contributed by atoms with Gasteiger partial charge in [0.1, 0.15) is 12.4 Å². The second kappa shape index (κ2) is 9.16. The van der Waals surface area contributed by atoms with Gasteiger partial charge in [0, 0.05) is 12.7 Å². The minimum absolute atomic E-state index is 0.250. The zero-order valence-corrected chi connectivity index (χ0v) is 11.0. The molecular weight excluding hydrogens is 232 g/mol. The monoisotopic (exact) mass is 250 g/mol. The van der Waals surface area contributed by atoms with Crippen LogP contribution in [0.4, 0.5) is 0 Å². The van der Waals surface area contributed by atoms with Gasteiger partial charge in [-0.2, -0.15) is 9.59 Å². The molecule has 1 rings (SSSR count). The molecule has 0 N–H and O–H groups in total. The molecule has 0 fully saturated rings. The number of allylic oxidation sites excluding steroid dienone is 1. The van der Waals surface area contributed by atoms with E-state index in [0.29, 0.717) is 13.2 Å². The van der Waals surface area contributed by atoms with E-state index in [1.165, 1.54) is 5.56 Å². The molecule has 0 amide bonds. The van der Waals surface area contributed by atoms with Crippen LogP contribution in [0.3, 0.4) is 0 Å². The third kappa shape index (κ3) is 5.99. The Morgan fingerprint density at radius 3 is 2.44 bits per heavy atom. The van der Waals surface area contributed by atoms with E-state index in [1.807, 2.05) is 26.0 Å². The number of benzene rings is 1. The lowest BCUT2D eigenvalue weighted by Crippen LogP contribution is -2.05. The van der Waals surface area contributed by atoms with Gasteiger partial charge < -0.3 is 9.47 Å². The van der Waals surface area contributed by atoms with Crippen molar-refractivity contribution in [3.63, 3.8) is 0 Å².